The standard InChI is InChI=1S/C26H33N5O3S/c1-30-14-16-31(17-15-30)35(33,34)21-12-10-20(11-13-21)23(18-19-6-2-3-7-19)26(32)27-25-22-8-4-5-9-24(22)28-29-25/h4-5,8-13,19,23H,2-3,6-7,14-18H2,1H3,(H2,27,28,29,32). The highest BCUT2D eigenvalue weighted by Crippen LogP contribution is 2.35. The number of sulfonamides is 1. The van der Waals surface area contributed by atoms with Gasteiger partial charge in [-0.15, -0.1) is 0 Å². The average Bonchev–Trinajstić information content (AvgIpc) is 3.53. The average molecular weight is 496 g/mol. The molecule has 3 aromatic rings. The van der Waals surface area contributed by atoms with Crippen LogP contribution in [0.25, 0.3) is 10.9 Å². The van der Waals surface area contributed by atoms with Crippen molar-refractivity contribution in [3.05, 3.63) is 54.1 Å². The number of carbonyl (C=O) groups excluding carboxylic acids is 1. The molecule has 1 atom stereocenters. The van der Waals surface area contributed by atoms with Crippen LogP contribution in [0.4, 0.5) is 5.82 Å². The number of aromatic nitrogens is 2. The Morgan fingerprint density at radius 2 is 1.74 bits per heavy atom. The molecular formula is C26H33N5O3S. The fourth-order valence-corrected chi connectivity index (χ4v) is 6.71. The van der Waals surface area contributed by atoms with E-state index in [2.05, 4.69) is 20.4 Å². The molecule has 1 aliphatic carbocycles. The quantitative estimate of drug-likeness (QED) is 0.520. The number of hydrogen-bond acceptors (Lipinski definition) is 5. The van der Waals surface area contributed by atoms with Crippen molar-refractivity contribution in [2.24, 2.45) is 5.92 Å². The number of nitrogens with zero attached hydrogens (tertiary/aromatic N) is 3. The van der Waals surface area contributed by atoms with Crippen LogP contribution in [-0.4, -0.2) is 67.0 Å². The summed E-state index contributed by atoms with van der Waals surface area (Å²) in [6.07, 6.45) is 5.41. The summed E-state index contributed by atoms with van der Waals surface area (Å²) in [5, 5.41) is 11.2. The van der Waals surface area contributed by atoms with E-state index in [1.54, 1.807) is 16.4 Å². The fraction of sp³-hybridized carbons (Fsp3) is 0.462. The number of aromatic amines is 1. The van der Waals surface area contributed by atoms with Gasteiger partial charge in [0.1, 0.15) is 0 Å². The highest BCUT2D eigenvalue weighted by Gasteiger charge is 2.30. The smallest absolute Gasteiger partial charge is 0.243 e. The Hall–Kier alpha value is -2.75. The maximum Gasteiger partial charge on any atom is 0.243 e. The number of piperazine rings is 1. The van der Waals surface area contributed by atoms with Gasteiger partial charge in [-0.1, -0.05) is 49.9 Å². The first-order valence-corrected chi connectivity index (χ1v) is 13.9. The van der Waals surface area contributed by atoms with E-state index in [4.69, 9.17) is 0 Å². The van der Waals surface area contributed by atoms with Gasteiger partial charge in [0.15, 0.2) is 5.82 Å². The van der Waals surface area contributed by atoms with Crippen molar-refractivity contribution < 1.29 is 13.2 Å². The number of benzene rings is 2. The van der Waals surface area contributed by atoms with Crippen LogP contribution in [0.3, 0.4) is 0 Å². The Morgan fingerprint density at radius 3 is 2.46 bits per heavy atom. The van der Waals surface area contributed by atoms with E-state index in [0.29, 0.717) is 24.8 Å². The van der Waals surface area contributed by atoms with Crippen LogP contribution < -0.4 is 5.32 Å². The number of fused-ring (bicyclic) bond motifs is 1. The van der Waals surface area contributed by atoms with Crippen LogP contribution in [0.1, 0.15) is 43.6 Å². The molecule has 2 heterocycles. The predicted octanol–water partition coefficient (Wildman–Crippen LogP) is 3.80. The van der Waals surface area contributed by atoms with Crippen molar-refractivity contribution in [2.75, 3.05) is 38.5 Å². The molecular weight excluding hydrogens is 462 g/mol. The summed E-state index contributed by atoms with van der Waals surface area (Å²) in [6, 6.07) is 14.6. The van der Waals surface area contributed by atoms with Crippen LogP contribution >= 0.6 is 0 Å². The van der Waals surface area contributed by atoms with Gasteiger partial charge in [0.25, 0.3) is 0 Å². The number of anilines is 1. The van der Waals surface area contributed by atoms with Crippen molar-refractivity contribution in [1.29, 1.82) is 0 Å². The number of H-pyrrole nitrogens is 1. The molecule has 5 rings (SSSR count). The van der Waals surface area contributed by atoms with E-state index in [1.807, 2.05) is 43.4 Å². The maximum atomic E-state index is 13.5. The minimum atomic E-state index is -3.54. The molecule has 1 unspecified atom stereocenters. The van der Waals surface area contributed by atoms with Gasteiger partial charge in [-0.3, -0.25) is 9.89 Å². The Balaban J connectivity index is 1.38. The monoisotopic (exact) mass is 495 g/mol. The summed E-state index contributed by atoms with van der Waals surface area (Å²) in [7, 11) is -1.54. The SMILES string of the molecule is CN1CCN(S(=O)(=O)c2ccc(C(CC3CCCC3)C(=O)Nc3n[nH]c4ccccc34)cc2)CC1. The minimum Gasteiger partial charge on any atom is -0.308 e. The summed E-state index contributed by atoms with van der Waals surface area (Å²) in [4.78, 5) is 15.9. The number of likely N-dealkylation sites (N-methyl/N-ethyl adjacent to an activating group) is 1. The first kappa shape index (κ1) is 24.0. The Labute approximate surface area is 206 Å². The van der Waals surface area contributed by atoms with Crippen molar-refractivity contribution >= 4 is 32.7 Å². The third-order valence-corrected chi connectivity index (χ3v) is 9.37. The second kappa shape index (κ2) is 10.1. The second-order valence-corrected chi connectivity index (χ2v) is 11.8. The van der Waals surface area contributed by atoms with Crippen LogP contribution in [0, 0.1) is 5.92 Å². The maximum absolute atomic E-state index is 13.5. The fourth-order valence-electron chi connectivity index (χ4n) is 5.29. The highest BCUT2D eigenvalue weighted by molar-refractivity contribution is 7.89. The normalized spacial score (nSPS) is 19.2. The van der Waals surface area contributed by atoms with Gasteiger partial charge < -0.3 is 10.2 Å². The van der Waals surface area contributed by atoms with Gasteiger partial charge in [0.2, 0.25) is 15.9 Å². The second-order valence-electron chi connectivity index (χ2n) is 9.82. The van der Waals surface area contributed by atoms with E-state index in [0.717, 1.165) is 48.8 Å². The lowest BCUT2D eigenvalue weighted by Gasteiger charge is -2.31. The predicted molar refractivity (Wildman–Crippen MR) is 137 cm³/mol. The molecule has 2 fully saturated rings. The van der Waals surface area contributed by atoms with Gasteiger partial charge in [-0.25, -0.2) is 8.42 Å². The van der Waals surface area contributed by atoms with Gasteiger partial charge >= 0.3 is 0 Å². The molecule has 186 valence electrons. The number of para-hydroxylation sites is 1. The lowest BCUT2D eigenvalue weighted by atomic mass is 9.87. The van der Waals surface area contributed by atoms with E-state index < -0.39 is 10.0 Å². The van der Waals surface area contributed by atoms with Crippen LogP contribution in [-0.2, 0) is 14.8 Å². The third kappa shape index (κ3) is 5.12. The number of nitrogens with one attached hydrogen (secondary N) is 2. The van der Waals surface area contributed by atoms with Crippen LogP contribution in [0.15, 0.2) is 53.4 Å². The molecule has 0 spiro atoms. The Morgan fingerprint density at radius 1 is 1.06 bits per heavy atom. The molecule has 2 aromatic carbocycles. The molecule has 35 heavy (non-hydrogen) atoms. The molecule has 2 N–H and O–H groups in total. The minimum absolute atomic E-state index is 0.108. The summed E-state index contributed by atoms with van der Waals surface area (Å²) in [5.74, 6) is 0.546. The summed E-state index contributed by atoms with van der Waals surface area (Å²) in [6.45, 7) is 2.43. The molecule has 0 radical (unpaired) electrons. The molecule has 9 heteroatoms. The topological polar surface area (TPSA) is 98.4 Å². The van der Waals surface area contributed by atoms with Crippen molar-refractivity contribution in [1.82, 2.24) is 19.4 Å². The molecule has 0 bridgehead atoms. The van der Waals surface area contributed by atoms with Crippen molar-refractivity contribution in [2.45, 2.75) is 42.9 Å². The zero-order valence-electron chi connectivity index (χ0n) is 20.1. The molecule has 1 saturated heterocycles. The van der Waals surface area contributed by atoms with Gasteiger partial charge in [-0.2, -0.15) is 9.40 Å². The molecule has 2 aliphatic rings. The molecule has 1 aliphatic heterocycles. The van der Waals surface area contributed by atoms with E-state index in [9.17, 15) is 13.2 Å². The first-order chi connectivity index (χ1) is 16.9. The largest absolute Gasteiger partial charge is 0.308 e. The first-order valence-electron chi connectivity index (χ1n) is 12.4. The summed E-state index contributed by atoms with van der Waals surface area (Å²) < 4.78 is 27.8. The Kier molecular flexibility index (Phi) is 6.91. The number of carbonyl (C=O) groups is 1. The van der Waals surface area contributed by atoms with Gasteiger partial charge in [0.05, 0.1) is 16.3 Å². The molecule has 8 nitrogen and oxygen atoms in total. The number of amides is 1. The van der Waals surface area contributed by atoms with Crippen LogP contribution in [0.2, 0.25) is 0 Å². The zero-order chi connectivity index (χ0) is 24.4. The number of hydrogen-bond donors (Lipinski definition) is 2. The van der Waals surface area contributed by atoms with Crippen LogP contribution in [0.5, 0.6) is 0 Å². The van der Waals surface area contributed by atoms with Crippen molar-refractivity contribution in [3.8, 4) is 0 Å². The molecule has 1 saturated carbocycles. The Bertz CT molecular complexity index is 1270. The highest BCUT2D eigenvalue weighted by atomic mass is 32.2. The lowest BCUT2D eigenvalue weighted by Crippen LogP contribution is -2.47. The summed E-state index contributed by atoms with van der Waals surface area (Å²) >= 11 is 0. The zero-order valence-corrected chi connectivity index (χ0v) is 20.9. The number of rotatable bonds is 7. The molecule has 1 amide bonds. The van der Waals surface area contributed by atoms with E-state index in [-0.39, 0.29) is 16.7 Å². The lowest BCUT2D eigenvalue weighted by molar-refractivity contribution is -0.118. The summed E-state index contributed by atoms with van der Waals surface area (Å²) in [5.41, 5.74) is 1.71. The van der Waals surface area contributed by atoms with E-state index in [1.165, 1.54) is 12.8 Å². The van der Waals surface area contributed by atoms with Gasteiger partial charge in [-0.05, 0) is 49.2 Å². The molecule has 1 aromatic heterocycles. The van der Waals surface area contributed by atoms with E-state index >= 15 is 0 Å². The van der Waals surface area contributed by atoms with Gasteiger partial charge in [0, 0.05) is 31.6 Å². The third-order valence-electron chi connectivity index (χ3n) is 7.45. The van der Waals surface area contributed by atoms with Crippen molar-refractivity contribution in [3.63, 3.8) is 0 Å².